The first kappa shape index (κ1) is 31.9. The molecule has 0 saturated carbocycles. The van der Waals surface area contributed by atoms with Gasteiger partial charge in [0.2, 0.25) is 10.9 Å². The van der Waals surface area contributed by atoms with Gasteiger partial charge in [0.1, 0.15) is 11.5 Å². The zero-order valence-corrected chi connectivity index (χ0v) is 27.9. The van der Waals surface area contributed by atoms with Crippen LogP contribution in [-0.4, -0.2) is 0 Å². The maximum absolute atomic E-state index is 13.5. The average molecular weight is 709 g/mol. The van der Waals surface area contributed by atoms with Crippen LogP contribution in [-0.2, 0) is 4.74 Å². The predicted octanol–water partition coefficient (Wildman–Crippen LogP) is 9.44. The molecule has 1 aliphatic rings. The zero-order chi connectivity index (χ0) is 33.4. The van der Waals surface area contributed by atoms with E-state index in [2.05, 4.69) is 0 Å². The highest BCUT2D eigenvalue weighted by atomic mass is 35.5. The van der Waals surface area contributed by atoms with Crippen LogP contribution in [0.2, 0.25) is 20.1 Å². The molecule has 0 N–H and O–H groups in total. The van der Waals surface area contributed by atoms with Crippen molar-refractivity contribution in [3.63, 3.8) is 0 Å². The van der Waals surface area contributed by atoms with E-state index in [1.165, 1.54) is 0 Å². The molecule has 5 aromatic carbocycles. The Kier molecular flexibility index (Phi) is 8.91. The summed E-state index contributed by atoms with van der Waals surface area (Å²) in [4.78, 5) is 27.0. The Morgan fingerprint density at radius 3 is 1.75 bits per heavy atom. The molecular weight excluding hydrogens is 686 g/mol. The summed E-state index contributed by atoms with van der Waals surface area (Å²) in [6.07, 6.45) is 6.93. The SMILES string of the molecule is O=c1c(=Cc2cc(-c3ccc(Cl)cc3)[o+]c(-c3ccccc3Cl)c2)c(=O)c1=CC1C=C(c2ccc(Cl)cc2)OC(c2ccccc2Cl)=C1. The Hall–Kier alpha value is -4.71. The Bertz CT molecular complexity index is 2420. The van der Waals surface area contributed by atoms with Crippen molar-refractivity contribution in [1.29, 1.82) is 0 Å². The fourth-order valence-corrected chi connectivity index (χ4v) is 6.20. The third kappa shape index (κ3) is 6.53. The van der Waals surface area contributed by atoms with Crippen molar-refractivity contribution in [2.45, 2.75) is 0 Å². The summed E-state index contributed by atoms with van der Waals surface area (Å²) in [5.41, 5.74) is 2.81. The molecule has 48 heavy (non-hydrogen) atoms. The van der Waals surface area contributed by atoms with Gasteiger partial charge in [-0.25, -0.2) is 4.42 Å². The number of hydrogen-bond acceptors (Lipinski definition) is 3. The second-order valence-corrected chi connectivity index (χ2v) is 12.8. The summed E-state index contributed by atoms with van der Waals surface area (Å²) >= 11 is 25.3. The van der Waals surface area contributed by atoms with Gasteiger partial charge in [0.05, 0.1) is 43.7 Å². The molecule has 0 amide bonds. The Balaban J connectivity index is 1.32. The molecule has 4 nitrogen and oxygen atoms in total. The molecular formula is C40H23Cl4O4+. The van der Waals surface area contributed by atoms with Gasteiger partial charge in [-0.1, -0.05) is 76.7 Å². The van der Waals surface area contributed by atoms with E-state index in [-0.39, 0.29) is 21.3 Å². The molecule has 0 spiro atoms. The van der Waals surface area contributed by atoms with Crippen molar-refractivity contribution < 1.29 is 9.15 Å². The van der Waals surface area contributed by atoms with Crippen molar-refractivity contribution in [1.82, 2.24) is 0 Å². The smallest absolute Gasteiger partial charge is 0.362 e. The van der Waals surface area contributed by atoms with E-state index in [1.54, 1.807) is 60.7 Å². The second-order valence-electron chi connectivity index (χ2n) is 11.1. The van der Waals surface area contributed by atoms with E-state index < -0.39 is 5.92 Å². The summed E-state index contributed by atoms with van der Waals surface area (Å²) < 4.78 is 12.5. The lowest BCUT2D eigenvalue weighted by Gasteiger charge is -2.21. The van der Waals surface area contributed by atoms with E-state index in [1.807, 2.05) is 72.8 Å². The van der Waals surface area contributed by atoms with Crippen LogP contribution in [0, 0.1) is 5.92 Å². The number of halogens is 4. The van der Waals surface area contributed by atoms with Crippen LogP contribution in [0.25, 0.3) is 46.3 Å². The summed E-state index contributed by atoms with van der Waals surface area (Å²) in [5.74, 6) is 1.63. The molecule has 0 saturated heterocycles. The van der Waals surface area contributed by atoms with Gasteiger partial charge in [-0.15, -0.1) is 0 Å². The summed E-state index contributed by atoms with van der Waals surface area (Å²) in [6, 6.07) is 32.6. The average Bonchev–Trinajstić information content (AvgIpc) is 3.10. The summed E-state index contributed by atoms with van der Waals surface area (Å²) in [6.45, 7) is 0. The lowest BCUT2D eigenvalue weighted by Crippen LogP contribution is -2.64. The van der Waals surface area contributed by atoms with Gasteiger partial charge in [-0.2, -0.15) is 0 Å². The van der Waals surface area contributed by atoms with Crippen LogP contribution in [0.15, 0.2) is 135 Å². The zero-order valence-electron chi connectivity index (χ0n) is 24.9. The van der Waals surface area contributed by atoms with Crippen LogP contribution < -0.4 is 21.3 Å². The second kappa shape index (κ2) is 13.4. The van der Waals surface area contributed by atoms with E-state index >= 15 is 0 Å². The van der Waals surface area contributed by atoms with E-state index in [9.17, 15) is 9.59 Å². The first-order valence-corrected chi connectivity index (χ1v) is 16.4. The van der Waals surface area contributed by atoms with Crippen molar-refractivity contribution in [2.75, 3.05) is 0 Å². The number of benzene rings is 4. The van der Waals surface area contributed by atoms with Gasteiger partial charge in [0.25, 0.3) is 0 Å². The van der Waals surface area contributed by atoms with Gasteiger partial charge in [0, 0.05) is 27.1 Å². The minimum Gasteiger partial charge on any atom is -0.457 e. The van der Waals surface area contributed by atoms with E-state index in [0.717, 1.165) is 11.1 Å². The predicted molar refractivity (Wildman–Crippen MR) is 196 cm³/mol. The van der Waals surface area contributed by atoms with Crippen LogP contribution in [0.4, 0.5) is 0 Å². The molecule has 0 radical (unpaired) electrons. The molecule has 1 aromatic heterocycles. The first-order valence-electron chi connectivity index (χ1n) is 14.9. The number of ether oxygens (including phenoxy) is 1. The van der Waals surface area contributed by atoms with Crippen molar-refractivity contribution in [3.05, 3.63) is 189 Å². The molecule has 1 unspecified atom stereocenters. The molecule has 7 rings (SSSR count). The molecule has 1 atom stereocenters. The minimum atomic E-state index is -0.431. The molecule has 8 heteroatoms. The van der Waals surface area contributed by atoms with Gasteiger partial charge < -0.3 is 4.74 Å². The third-order valence-corrected chi connectivity index (χ3v) is 9.07. The van der Waals surface area contributed by atoms with Crippen LogP contribution in [0.3, 0.4) is 0 Å². The van der Waals surface area contributed by atoms with Crippen LogP contribution in [0.1, 0.15) is 16.7 Å². The number of hydrogen-bond donors (Lipinski definition) is 0. The highest BCUT2D eigenvalue weighted by Crippen LogP contribution is 2.36. The standard InChI is InChI=1S/C40H23Cl4O4/c41-27-13-9-25(10-14-27)35-19-23(21-37(47-35)29-5-1-3-7-33(29)43)17-31-39(45)32(40(31)46)18-24-20-36(26-11-15-28(42)16-12-26)48-38(22-24)30-6-2-4-8-34(30)44/h1-23H/q+1. The molecule has 0 bridgehead atoms. The number of allylic oxidation sites excluding steroid dienone is 2. The van der Waals surface area contributed by atoms with Gasteiger partial charge in [-0.05, 0) is 96.6 Å². The third-order valence-electron chi connectivity index (χ3n) is 7.91. The molecule has 234 valence electrons. The largest absolute Gasteiger partial charge is 0.457 e. The molecule has 6 aromatic rings. The Morgan fingerprint density at radius 1 is 0.583 bits per heavy atom. The van der Waals surface area contributed by atoms with Crippen molar-refractivity contribution >= 4 is 70.1 Å². The maximum atomic E-state index is 13.5. The lowest BCUT2D eigenvalue weighted by atomic mass is 9.97. The molecule has 0 fully saturated rings. The topological polar surface area (TPSA) is 54.7 Å². The van der Waals surface area contributed by atoms with Crippen LogP contribution in [0.5, 0.6) is 0 Å². The Labute approximate surface area is 295 Å². The fourth-order valence-electron chi connectivity index (χ4n) is 5.49. The van der Waals surface area contributed by atoms with E-state index in [0.29, 0.717) is 59.8 Å². The fraction of sp³-hybridized carbons (Fsp3) is 0.0250. The van der Waals surface area contributed by atoms with E-state index in [4.69, 9.17) is 55.6 Å². The highest BCUT2D eigenvalue weighted by molar-refractivity contribution is 6.33. The van der Waals surface area contributed by atoms with Gasteiger partial charge in [-0.3, -0.25) is 9.59 Å². The Morgan fingerprint density at radius 2 is 1.12 bits per heavy atom. The molecule has 1 aliphatic heterocycles. The quantitative estimate of drug-likeness (QED) is 0.162. The molecule has 0 aliphatic carbocycles. The van der Waals surface area contributed by atoms with Crippen LogP contribution >= 0.6 is 46.4 Å². The monoisotopic (exact) mass is 707 g/mol. The summed E-state index contributed by atoms with van der Waals surface area (Å²) in [7, 11) is 0. The minimum absolute atomic E-state index is 0.0730. The maximum Gasteiger partial charge on any atom is 0.362 e. The normalized spacial score (nSPS) is 14.2. The lowest BCUT2D eigenvalue weighted by molar-refractivity contribution is 0.458. The number of rotatable bonds is 6. The first-order chi connectivity index (χ1) is 23.2. The van der Waals surface area contributed by atoms with Gasteiger partial charge in [0.15, 0.2) is 0 Å². The highest BCUT2D eigenvalue weighted by Gasteiger charge is 2.23. The summed E-state index contributed by atoms with van der Waals surface area (Å²) in [5, 5.41) is 2.36. The van der Waals surface area contributed by atoms with Crippen molar-refractivity contribution in [2.24, 2.45) is 5.92 Å². The van der Waals surface area contributed by atoms with Crippen molar-refractivity contribution in [3.8, 4) is 22.6 Å². The molecule has 2 heterocycles. The van der Waals surface area contributed by atoms with Gasteiger partial charge >= 0.3 is 11.5 Å².